The van der Waals surface area contributed by atoms with Crippen LogP contribution >= 0.6 is 22.6 Å². The summed E-state index contributed by atoms with van der Waals surface area (Å²) in [6, 6.07) is 0. The first-order chi connectivity index (χ1) is 5.15. The molecule has 1 heterocycles. The van der Waals surface area contributed by atoms with E-state index in [4.69, 9.17) is 0 Å². The van der Waals surface area contributed by atoms with Crippen LogP contribution in [0, 0.1) is 5.92 Å². The molecule has 0 bridgehead atoms. The average Bonchev–Trinajstić information content (AvgIpc) is 1.96. The van der Waals surface area contributed by atoms with Crippen LogP contribution in [0.5, 0.6) is 0 Å². The molecule has 1 aliphatic rings. The van der Waals surface area contributed by atoms with Crippen LogP contribution < -0.4 is 0 Å². The molecule has 0 aromatic carbocycles. The summed E-state index contributed by atoms with van der Waals surface area (Å²) < 4.78 is 1.87. The van der Waals surface area contributed by atoms with Crippen molar-refractivity contribution >= 4 is 28.5 Å². The Balaban J connectivity index is 2.39. The number of nitrogens with zero attached hydrogens (tertiary/aromatic N) is 1. The summed E-state index contributed by atoms with van der Waals surface area (Å²) in [4.78, 5) is 13.1. The molecule has 0 N–H and O–H groups in total. The van der Waals surface area contributed by atoms with Gasteiger partial charge < -0.3 is 4.90 Å². The average molecular weight is 265 g/mol. The Kier molecular flexibility index (Phi) is 2.92. The number of likely N-dealkylation sites (tertiary alicyclic amines) is 1. The lowest BCUT2D eigenvalue weighted by molar-refractivity contribution is -0.133. The molecular formula is C8H12INO. The number of rotatable bonds is 2. The van der Waals surface area contributed by atoms with Crippen LogP contribution in [0.1, 0.15) is 13.8 Å². The van der Waals surface area contributed by atoms with Gasteiger partial charge in [0.15, 0.2) is 0 Å². The van der Waals surface area contributed by atoms with Gasteiger partial charge in [-0.1, -0.05) is 36.4 Å². The second kappa shape index (κ2) is 3.56. The van der Waals surface area contributed by atoms with Gasteiger partial charge in [-0.25, -0.2) is 0 Å². The van der Waals surface area contributed by atoms with Crippen molar-refractivity contribution in [3.63, 3.8) is 0 Å². The van der Waals surface area contributed by atoms with E-state index in [0.29, 0.717) is 5.92 Å². The summed E-state index contributed by atoms with van der Waals surface area (Å²) in [5.41, 5.74) is 0.950. The first-order valence-electron chi connectivity index (χ1n) is 3.73. The molecule has 0 unspecified atom stereocenters. The summed E-state index contributed by atoms with van der Waals surface area (Å²) in [6.45, 7) is 5.99. The van der Waals surface area contributed by atoms with E-state index in [0.717, 1.165) is 18.7 Å². The van der Waals surface area contributed by atoms with Crippen molar-refractivity contribution in [2.24, 2.45) is 5.92 Å². The molecule has 0 atom stereocenters. The van der Waals surface area contributed by atoms with Gasteiger partial charge in [-0.15, -0.1) is 0 Å². The standard InChI is InChI=1S/C8H12INO/c1-6(2)4-10-5-7(3-9)8(10)11/h3,6H,4-5H2,1-2H3/b7-3+. The molecule has 1 amide bonds. The van der Waals surface area contributed by atoms with E-state index < -0.39 is 0 Å². The summed E-state index contributed by atoms with van der Waals surface area (Å²) in [7, 11) is 0. The highest BCUT2D eigenvalue weighted by Crippen LogP contribution is 2.19. The molecular weight excluding hydrogens is 253 g/mol. The number of halogens is 1. The van der Waals surface area contributed by atoms with Crippen molar-refractivity contribution in [3.05, 3.63) is 9.66 Å². The van der Waals surface area contributed by atoms with Crippen LogP contribution in [0.15, 0.2) is 9.66 Å². The van der Waals surface area contributed by atoms with Gasteiger partial charge in [0, 0.05) is 12.1 Å². The summed E-state index contributed by atoms with van der Waals surface area (Å²) in [6.07, 6.45) is 0. The highest BCUT2D eigenvalue weighted by Gasteiger charge is 2.29. The number of β-lactam (4-membered cyclic amide) rings is 1. The lowest BCUT2D eigenvalue weighted by Gasteiger charge is -2.34. The molecule has 0 aliphatic carbocycles. The normalized spacial score (nSPS) is 21.3. The van der Waals surface area contributed by atoms with E-state index in [1.54, 1.807) is 0 Å². The third-order valence-electron chi connectivity index (χ3n) is 1.64. The maximum atomic E-state index is 11.2. The molecule has 0 aromatic heterocycles. The lowest BCUT2D eigenvalue weighted by Crippen LogP contribution is -2.47. The first-order valence-corrected chi connectivity index (χ1v) is 4.98. The summed E-state index contributed by atoms with van der Waals surface area (Å²) in [5.74, 6) is 0.794. The minimum absolute atomic E-state index is 0.216. The van der Waals surface area contributed by atoms with E-state index in [-0.39, 0.29) is 5.91 Å². The molecule has 1 saturated heterocycles. The predicted octanol–water partition coefficient (Wildman–Crippen LogP) is 1.80. The molecule has 62 valence electrons. The highest BCUT2D eigenvalue weighted by atomic mass is 127. The molecule has 0 aromatic rings. The maximum Gasteiger partial charge on any atom is 0.252 e. The quantitative estimate of drug-likeness (QED) is 0.423. The molecule has 3 heteroatoms. The van der Waals surface area contributed by atoms with Gasteiger partial charge in [0.25, 0.3) is 5.91 Å². The topological polar surface area (TPSA) is 20.3 Å². The lowest BCUT2D eigenvalue weighted by atomic mass is 10.1. The Hall–Kier alpha value is -0.0600. The van der Waals surface area contributed by atoms with Crippen LogP contribution in [0.4, 0.5) is 0 Å². The van der Waals surface area contributed by atoms with Crippen molar-refractivity contribution in [3.8, 4) is 0 Å². The Morgan fingerprint density at radius 3 is 2.73 bits per heavy atom. The van der Waals surface area contributed by atoms with Gasteiger partial charge in [0.1, 0.15) is 0 Å². The van der Waals surface area contributed by atoms with E-state index in [1.165, 1.54) is 0 Å². The van der Waals surface area contributed by atoms with Crippen molar-refractivity contribution < 1.29 is 4.79 Å². The van der Waals surface area contributed by atoms with Gasteiger partial charge in [-0.05, 0) is 10.0 Å². The fraction of sp³-hybridized carbons (Fsp3) is 0.625. The second-order valence-corrected chi connectivity index (χ2v) is 3.84. The number of hydrogen-bond donors (Lipinski definition) is 0. The molecule has 2 nitrogen and oxygen atoms in total. The summed E-state index contributed by atoms with van der Waals surface area (Å²) >= 11 is 2.11. The molecule has 1 aliphatic heterocycles. The fourth-order valence-electron chi connectivity index (χ4n) is 1.13. The molecule has 1 rings (SSSR count). The van der Waals surface area contributed by atoms with Gasteiger partial charge >= 0.3 is 0 Å². The van der Waals surface area contributed by atoms with Crippen LogP contribution in [0.2, 0.25) is 0 Å². The van der Waals surface area contributed by atoms with E-state index in [9.17, 15) is 4.79 Å². The van der Waals surface area contributed by atoms with E-state index >= 15 is 0 Å². The van der Waals surface area contributed by atoms with Crippen molar-refractivity contribution in [1.29, 1.82) is 0 Å². The Bertz CT molecular complexity index is 198. The van der Waals surface area contributed by atoms with Gasteiger partial charge in [0.05, 0.1) is 6.54 Å². The van der Waals surface area contributed by atoms with E-state index in [1.807, 2.05) is 8.98 Å². The SMILES string of the molecule is CC(C)CN1C/C(=C\I)C1=O. The zero-order chi connectivity index (χ0) is 8.43. The smallest absolute Gasteiger partial charge is 0.252 e. The predicted molar refractivity (Wildman–Crippen MR) is 53.5 cm³/mol. The third-order valence-corrected chi connectivity index (χ3v) is 2.39. The molecule has 11 heavy (non-hydrogen) atoms. The number of amides is 1. The fourth-order valence-corrected chi connectivity index (χ4v) is 1.59. The maximum absolute atomic E-state index is 11.2. The van der Waals surface area contributed by atoms with Crippen molar-refractivity contribution in [2.75, 3.05) is 13.1 Å². The molecule has 0 spiro atoms. The molecule has 1 fully saturated rings. The first kappa shape index (κ1) is 9.03. The minimum atomic E-state index is 0.216. The van der Waals surface area contributed by atoms with Crippen molar-refractivity contribution in [1.82, 2.24) is 4.90 Å². The van der Waals surface area contributed by atoms with E-state index in [2.05, 4.69) is 36.4 Å². The Morgan fingerprint density at radius 1 is 1.73 bits per heavy atom. The zero-order valence-electron chi connectivity index (χ0n) is 6.80. The minimum Gasteiger partial charge on any atom is -0.334 e. The van der Waals surface area contributed by atoms with Crippen LogP contribution in [0.3, 0.4) is 0 Å². The van der Waals surface area contributed by atoms with Crippen LogP contribution in [-0.4, -0.2) is 23.9 Å². The molecule has 0 saturated carbocycles. The largest absolute Gasteiger partial charge is 0.334 e. The van der Waals surface area contributed by atoms with Gasteiger partial charge in [-0.2, -0.15) is 0 Å². The Morgan fingerprint density at radius 2 is 2.36 bits per heavy atom. The van der Waals surface area contributed by atoms with Gasteiger partial charge in [-0.3, -0.25) is 4.79 Å². The molecule has 0 radical (unpaired) electrons. The summed E-state index contributed by atoms with van der Waals surface area (Å²) in [5, 5.41) is 0. The van der Waals surface area contributed by atoms with Gasteiger partial charge in [0.2, 0.25) is 0 Å². The monoisotopic (exact) mass is 265 g/mol. The second-order valence-electron chi connectivity index (χ2n) is 3.21. The zero-order valence-corrected chi connectivity index (χ0v) is 8.96. The Labute approximate surface area is 80.8 Å². The van der Waals surface area contributed by atoms with Crippen molar-refractivity contribution in [2.45, 2.75) is 13.8 Å². The van der Waals surface area contributed by atoms with Crippen LogP contribution in [0.25, 0.3) is 0 Å². The number of hydrogen-bond acceptors (Lipinski definition) is 1. The van der Waals surface area contributed by atoms with Crippen LogP contribution in [-0.2, 0) is 4.79 Å². The number of carbonyl (C=O) groups excluding carboxylic acids is 1. The highest BCUT2D eigenvalue weighted by molar-refractivity contribution is 14.1. The number of carbonyl (C=O) groups is 1. The third kappa shape index (κ3) is 1.95.